The number of aliphatic hydroxyl groups is 5. The first-order chi connectivity index (χ1) is 29.8. The lowest BCUT2D eigenvalue weighted by Crippen LogP contribution is -2.60. The molecule has 9 nitrogen and oxygen atoms in total. The molecule has 0 aromatic heterocycles. The number of carbonyl (C=O) groups excluding carboxylic acids is 1. The van der Waals surface area contributed by atoms with Crippen LogP contribution >= 0.6 is 0 Å². The first-order valence-corrected chi connectivity index (χ1v) is 25.4. The molecular weight excluding hydrogens is 767 g/mol. The third-order valence-electron chi connectivity index (χ3n) is 11.9. The number of hydrogen-bond acceptors (Lipinski definition) is 8. The Morgan fingerprint density at radius 3 is 1.51 bits per heavy atom. The van der Waals surface area contributed by atoms with Gasteiger partial charge in [0.2, 0.25) is 5.91 Å². The van der Waals surface area contributed by atoms with E-state index in [1.165, 1.54) is 122 Å². The summed E-state index contributed by atoms with van der Waals surface area (Å²) in [6, 6.07) is -0.815. The van der Waals surface area contributed by atoms with Crippen molar-refractivity contribution in [1.82, 2.24) is 5.32 Å². The predicted octanol–water partition coefficient (Wildman–Crippen LogP) is 11.4. The van der Waals surface area contributed by atoms with E-state index in [2.05, 4.69) is 55.6 Å². The van der Waals surface area contributed by atoms with Crippen LogP contribution in [0.4, 0.5) is 0 Å². The van der Waals surface area contributed by atoms with Gasteiger partial charge in [-0.1, -0.05) is 210 Å². The topological polar surface area (TPSA) is 149 Å². The molecule has 6 N–H and O–H groups in total. The Bertz CT molecular complexity index is 1090. The molecule has 1 amide bonds. The van der Waals surface area contributed by atoms with Crippen LogP contribution in [0.25, 0.3) is 0 Å². The molecule has 0 radical (unpaired) electrons. The van der Waals surface area contributed by atoms with Gasteiger partial charge in [0.05, 0.1) is 25.4 Å². The van der Waals surface area contributed by atoms with Crippen molar-refractivity contribution in [2.45, 2.75) is 262 Å². The summed E-state index contributed by atoms with van der Waals surface area (Å²) in [5, 5.41) is 54.3. The van der Waals surface area contributed by atoms with Gasteiger partial charge < -0.3 is 40.3 Å². The van der Waals surface area contributed by atoms with Crippen LogP contribution in [-0.2, 0) is 14.3 Å². The number of aliphatic hydroxyl groups excluding tert-OH is 5. The van der Waals surface area contributed by atoms with Gasteiger partial charge >= 0.3 is 0 Å². The van der Waals surface area contributed by atoms with Gasteiger partial charge in [0, 0.05) is 6.42 Å². The molecule has 1 aliphatic rings. The van der Waals surface area contributed by atoms with Gasteiger partial charge in [0.1, 0.15) is 24.4 Å². The Balaban J connectivity index is 2.29. The fraction of sp³-hybridized carbons (Fsp3) is 0.827. The molecule has 7 unspecified atom stereocenters. The molecule has 9 heteroatoms. The third-order valence-corrected chi connectivity index (χ3v) is 11.9. The molecule has 61 heavy (non-hydrogen) atoms. The second-order valence-corrected chi connectivity index (χ2v) is 17.6. The fourth-order valence-electron chi connectivity index (χ4n) is 7.88. The summed E-state index contributed by atoms with van der Waals surface area (Å²) in [4.78, 5) is 13.0. The van der Waals surface area contributed by atoms with Gasteiger partial charge in [-0.15, -0.1) is 0 Å². The van der Waals surface area contributed by atoms with E-state index in [4.69, 9.17) is 9.47 Å². The van der Waals surface area contributed by atoms with Crippen LogP contribution in [0, 0.1) is 0 Å². The molecule has 1 aliphatic heterocycles. The Labute approximate surface area is 373 Å². The van der Waals surface area contributed by atoms with Crippen molar-refractivity contribution < 1.29 is 39.8 Å². The molecule has 0 saturated carbocycles. The summed E-state index contributed by atoms with van der Waals surface area (Å²) in [5.41, 5.74) is 0. The molecule has 0 spiro atoms. The summed E-state index contributed by atoms with van der Waals surface area (Å²) in [5.74, 6) is -0.194. The van der Waals surface area contributed by atoms with Gasteiger partial charge in [0.15, 0.2) is 6.29 Å². The van der Waals surface area contributed by atoms with E-state index in [9.17, 15) is 30.3 Å². The molecule has 0 bridgehead atoms. The van der Waals surface area contributed by atoms with E-state index >= 15 is 0 Å². The van der Waals surface area contributed by atoms with Gasteiger partial charge in [-0.3, -0.25) is 4.79 Å². The van der Waals surface area contributed by atoms with Crippen LogP contribution < -0.4 is 5.32 Å². The summed E-state index contributed by atoms with van der Waals surface area (Å²) in [7, 11) is 0. The number of carbonyl (C=O) groups is 1. The van der Waals surface area contributed by atoms with E-state index in [0.29, 0.717) is 6.42 Å². The summed E-state index contributed by atoms with van der Waals surface area (Å²) < 4.78 is 11.2. The first kappa shape index (κ1) is 57.2. The molecule has 7 atom stereocenters. The maximum atomic E-state index is 13.0. The second-order valence-electron chi connectivity index (χ2n) is 17.6. The fourth-order valence-corrected chi connectivity index (χ4v) is 7.88. The van der Waals surface area contributed by atoms with E-state index in [-0.39, 0.29) is 12.5 Å². The Morgan fingerprint density at radius 2 is 1.02 bits per heavy atom. The maximum absolute atomic E-state index is 13.0. The molecule has 0 aromatic rings. The largest absolute Gasteiger partial charge is 0.394 e. The van der Waals surface area contributed by atoms with Crippen molar-refractivity contribution in [2.75, 3.05) is 13.2 Å². The molecule has 1 heterocycles. The van der Waals surface area contributed by atoms with E-state index < -0.39 is 49.5 Å². The van der Waals surface area contributed by atoms with Crippen molar-refractivity contribution >= 4 is 5.91 Å². The zero-order chi connectivity index (χ0) is 44.4. The van der Waals surface area contributed by atoms with Gasteiger partial charge in [-0.05, 0) is 51.4 Å². The number of allylic oxidation sites excluding steroid dienone is 7. The third kappa shape index (κ3) is 32.5. The number of nitrogens with one attached hydrogen (secondary N) is 1. The first-order valence-electron chi connectivity index (χ1n) is 25.4. The second kappa shape index (κ2) is 42.1. The van der Waals surface area contributed by atoms with Gasteiger partial charge in [-0.25, -0.2) is 0 Å². The van der Waals surface area contributed by atoms with E-state index in [0.717, 1.165) is 77.0 Å². The van der Waals surface area contributed by atoms with Crippen LogP contribution in [0.2, 0.25) is 0 Å². The predicted molar refractivity (Wildman–Crippen MR) is 253 cm³/mol. The lowest BCUT2D eigenvalue weighted by Gasteiger charge is -2.40. The minimum absolute atomic E-state index is 0.194. The minimum atomic E-state index is -1.57. The standard InChI is InChI=1S/C52H95NO8/c1-3-5-7-9-11-13-15-17-19-20-21-22-23-24-25-26-28-29-31-33-35-37-39-41-46(55)45(44-60-52-51(59)50(58)49(57)47(43-54)61-52)53-48(56)42-40-38-36-34-32-30-27-18-16-14-12-10-8-6-4-2/h6,8,12,14,18,27,39,41,45-47,49-52,54-55,57-59H,3-5,7,9-11,13,15-17,19-26,28-38,40,42-44H2,1-2H3,(H,53,56)/b8-6-,14-12-,27-18-,41-39+. The quantitative estimate of drug-likeness (QED) is 0.0262. The van der Waals surface area contributed by atoms with E-state index in [1.54, 1.807) is 6.08 Å². The molecule has 0 aromatic carbocycles. The highest BCUT2D eigenvalue weighted by molar-refractivity contribution is 5.76. The van der Waals surface area contributed by atoms with Crippen LogP contribution in [0.1, 0.15) is 219 Å². The molecule has 0 aliphatic carbocycles. The molecule has 1 fully saturated rings. The number of hydrogen-bond donors (Lipinski definition) is 6. The number of unbranched alkanes of at least 4 members (excludes halogenated alkanes) is 26. The van der Waals surface area contributed by atoms with Crippen LogP contribution in [0.15, 0.2) is 48.6 Å². The monoisotopic (exact) mass is 862 g/mol. The Morgan fingerprint density at radius 1 is 0.574 bits per heavy atom. The van der Waals surface area contributed by atoms with Gasteiger partial charge in [-0.2, -0.15) is 0 Å². The van der Waals surface area contributed by atoms with Crippen molar-refractivity contribution in [2.24, 2.45) is 0 Å². The molecule has 1 rings (SSSR count). The number of rotatable bonds is 42. The summed E-state index contributed by atoms with van der Waals surface area (Å²) in [6.45, 7) is 3.66. The normalized spacial score (nSPS) is 20.8. The minimum Gasteiger partial charge on any atom is -0.394 e. The smallest absolute Gasteiger partial charge is 0.220 e. The van der Waals surface area contributed by atoms with Crippen molar-refractivity contribution in [3.05, 3.63) is 48.6 Å². The summed E-state index contributed by atoms with van der Waals surface area (Å²) >= 11 is 0. The number of ether oxygens (including phenoxy) is 2. The Hall–Kier alpha value is -1.85. The molecule has 1 saturated heterocycles. The van der Waals surface area contributed by atoms with Crippen molar-refractivity contribution in [3.8, 4) is 0 Å². The highest BCUT2D eigenvalue weighted by atomic mass is 16.7. The molecular formula is C52H95NO8. The number of amides is 1. The lowest BCUT2D eigenvalue weighted by atomic mass is 9.99. The van der Waals surface area contributed by atoms with E-state index in [1.807, 2.05) is 6.08 Å². The van der Waals surface area contributed by atoms with Gasteiger partial charge in [0.25, 0.3) is 0 Å². The zero-order valence-corrected chi connectivity index (χ0v) is 39.2. The average Bonchev–Trinajstić information content (AvgIpc) is 3.26. The summed E-state index contributed by atoms with van der Waals surface area (Å²) in [6.07, 6.45) is 47.3. The highest BCUT2D eigenvalue weighted by Crippen LogP contribution is 2.23. The van der Waals surface area contributed by atoms with Crippen LogP contribution in [0.3, 0.4) is 0 Å². The SMILES string of the molecule is CC/C=C\C/C=C\C/C=C\CCCCCCCC(=O)NC(COC1OC(CO)C(O)C(O)C1O)C(O)/C=C/CCCCCCCCCCCCCCCCCCCCCCC. The Kier molecular flexibility index (Phi) is 39.5. The lowest BCUT2D eigenvalue weighted by molar-refractivity contribution is -0.302. The van der Waals surface area contributed by atoms with Crippen LogP contribution in [-0.4, -0.2) is 87.5 Å². The van der Waals surface area contributed by atoms with Crippen molar-refractivity contribution in [3.63, 3.8) is 0 Å². The highest BCUT2D eigenvalue weighted by Gasteiger charge is 2.44. The average molecular weight is 862 g/mol. The zero-order valence-electron chi connectivity index (χ0n) is 39.2. The maximum Gasteiger partial charge on any atom is 0.220 e. The molecule has 356 valence electrons. The van der Waals surface area contributed by atoms with Crippen LogP contribution in [0.5, 0.6) is 0 Å². The van der Waals surface area contributed by atoms with Crippen molar-refractivity contribution in [1.29, 1.82) is 0 Å².